The molecule has 0 N–H and O–H groups in total. The van der Waals surface area contributed by atoms with Gasteiger partial charge in [-0.1, -0.05) is 13.8 Å². The monoisotopic (exact) mass is 282 g/mol. The number of halogens is 1. The molecule has 1 fully saturated rings. The second kappa shape index (κ2) is 6.92. The lowest BCUT2D eigenvalue weighted by Crippen LogP contribution is -2.49. The third-order valence-electron chi connectivity index (χ3n) is 3.08. The number of hydrogen-bond donors (Lipinski definition) is 0. The number of rotatable bonds is 6. The van der Waals surface area contributed by atoms with Crippen LogP contribution in [0.5, 0.6) is 0 Å². The normalized spacial score (nSPS) is 20.0. The molecule has 4 nitrogen and oxygen atoms in total. The summed E-state index contributed by atoms with van der Waals surface area (Å²) in [6.45, 7) is 8.39. The van der Waals surface area contributed by atoms with Gasteiger partial charge in [-0.3, -0.25) is 0 Å². The molecule has 0 unspecified atom stereocenters. The van der Waals surface area contributed by atoms with Crippen LogP contribution >= 0.6 is 11.6 Å². The minimum atomic E-state index is -3.11. The molecular weight excluding hydrogens is 260 g/mol. The second-order valence-corrected chi connectivity index (χ2v) is 7.39. The quantitative estimate of drug-likeness (QED) is 0.688. The summed E-state index contributed by atoms with van der Waals surface area (Å²) >= 11 is 5.50. The van der Waals surface area contributed by atoms with Gasteiger partial charge in [0, 0.05) is 32.1 Å². The Morgan fingerprint density at radius 3 is 2.24 bits per heavy atom. The molecule has 0 radical (unpaired) electrons. The maximum atomic E-state index is 11.8. The van der Waals surface area contributed by atoms with Crippen molar-refractivity contribution in [3.8, 4) is 0 Å². The minimum Gasteiger partial charge on any atom is -0.301 e. The fourth-order valence-corrected chi connectivity index (χ4v) is 3.66. The average Bonchev–Trinajstić information content (AvgIpc) is 2.27. The number of piperazine rings is 1. The molecule has 0 aromatic rings. The third-order valence-corrected chi connectivity index (χ3v) is 5.37. The molecule has 0 bridgehead atoms. The van der Waals surface area contributed by atoms with Crippen LogP contribution < -0.4 is 0 Å². The molecule has 1 heterocycles. The van der Waals surface area contributed by atoms with Gasteiger partial charge in [0.05, 0.1) is 5.75 Å². The molecule has 1 aliphatic heterocycles. The minimum absolute atomic E-state index is 0.0561. The van der Waals surface area contributed by atoms with Crippen LogP contribution in [0.15, 0.2) is 0 Å². The summed E-state index contributed by atoms with van der Waals surface area (Å²) in [5.41, 5.74) is 0. The maximum absolute atomic E-state index is 11.8. The van der Waals surface area contributed by atoms with Gasteiger partial charge in [0.1, 0.15) is 0 Å². The first-order valence-corrected chi connectivity index (χ1v) is 8.36. The smallest absolute Gasteiger partial charge is 0.215 e. The molecule has 0 saturated carbocycles. The van der Waals surface area contributed by atoms with Crippen molar-refractivity contribution < 1.29 is 8.42 Å². The van der Waals surface area contributed by atoms with Crippen molar-refractivity contribution in [2.24, 2.45) is 5.92 Å². The third kappa shape index (κ3) is 5.12. The highest BCUT2D eigenvalue weighted by Crippen LogP contribution is 2.10. The van der Waals surface area contributed by atoms with Crippen molar-refractivity contribution in [3.05, 3.63) is 0 Å². The van der Waals surface area contributed by atoms with Gasteiger partial charge in [-0.15, -0.1) is 11.6 Å². The summed E-state index contributed by atoms with van der Waals surface area (Å²) in [7, 11) is -3.11. The summed E-state index contributed by atoms with van der Waals surface area (Å²) in [4.78, 5) is 2.34. The van der Waals surface area contributed by atoms with Crippen LogP contribution in [0, 0.1) is 5.92 Å². The molecule has 0 aliphatic carbocycles. The van der Waals surface area contributed by atoms with E-state index < -0.39 is 10.0 Å². The summed E-state index contributed by atoms with van der Waals surface area (Å²) in [6.07, 6.45) is 1.18. The highest BCUT2D eigenvalue weighted by molar-refractivity contribution is 7.89. The van der Waals surface area contributed by atoms with Gasteiger partial charge in [-0.2, -0.15) is 4.31 Å². The van der Waals surface area contributed by atoms with E-state index in [1.54, 1.807) is 4.31 Å². The van der Waals surface area contributed by atoms with E-state index in [1.165, 1.54) is 6.42 Å². The molecule has 17 heavy (non-hydrogen) atoms. The van der Waals surface area contributed by atoms with Crippen molar-refractivity contribution in [1.82, 2.24) is 9.21 Å². The Kier molecular flexibility index (Phi) is 6.20. The van der Waals surface area contributed by atoms with Crippen molar-refractivity contribution in [3.63, 3.8) is 0 Å². The highest BCUT2D eigenvalue weighted by Gasteiger charge is 2.25. The lowest BCUT2D eigenvalue weighted by Gasteiger charge is -2.34. The average molecular weight is 283 g/mol. The maximum Gasteiger partial charge on any atom is 0.215 e. The van der Waals surface area contributed by atoms with Crippen molar-refractivity contribution in [1.29, 1.82) is 0 Å². The Morgan fingerprint density at radius 2 is 1.76 bits per heavy atom. The van der Waals surface area contributed by atoms with Gasteiger partial charge in [0.25, 0.3) is 0 Å². The second-order valence-electron chi connectivity index (χ2n) is 4.93. The zero-order valence-electron chi connectivity index (χ0n) is 10.7. The molecule has 0 amide bonds. The lowest BCUT2D eigenvalue weighted by molar-refractivity contribution is 0.181. The standard InChI is InChI=1S/C11H23ClN2O2S/c1-11(2)3-5-13-6-8-14(9-7-13)17(15,16)10-4-12/h11H,3-10H2,1-2H3. The van der Waals surface area contributed by atoms with E-state index in [2.05, 4.69) is 18.7 Å². The van der Waals surface area contributed by atoms with Gasteiger partial charge in [0.2, 0.25) is 10.0 Å². The first-order chi connectivity index (χ1) is 7.95. The van der Waals surface area contributed by atoms with E-state index in [0.29, 0.717) is 19.0 Å². The Balaban J connectivity index is 2.35. The number of alkyl halides is 1. The lowest BCUT2D eigenvalue weighted by atomic mass is 10.1. The summed E-state index contributed by atoms with van der Waals surface area (Å²) in [5, 5.41) is 0. The van der Waals surface area contributed by atoms with Crippen LogP contribution in [-0.2, 0) is 10.0 Å². The molecule has 6 heteroatoms. The molecule has 102 valence electrons. The predicted octanol–water partition coefficient (Wildman–Crippen LogP) is 1.22. The fraction of sp³-hybridized carbons (Fsp3) is 1.00. The van der Waals surface area contributed by atoms with Crippen molar-refractivity contribution >= 4 is 21.6 Å². The van der Waals surface area contributed by atoms with Crippen molar-refractivity contribution in [2.75, 3.05) is 44.4 Å². The first kappa shape index (κ1) is 15.2. The van der Waals surface area contributed by atoms with Crippen molar-refractivity contribution in [2.45, 2.75) is 20.3 Å². The topological polar surface area (TPSA) is 40.6 Å². The van der Waals surface area contributed by atoms with Crippen LogP contribution in [0.3, 0.4) is 0 Å². The van der Waals surface area contributed by atoms with Crippen LogP contribution in [0.4, 0.5) is 0 Å². The molecule has 0 atom stereocenters. The summed E-state index contributed by atoms with van der Waals surface area (Å²) in [5.74, 6) is 0.934. The number of nitrogens with zero attached hydrogens (tertiary/aromatic N) is 2. The van der Waals surface area contributed by atoms with Gasteiger partial charge in [-0.05, 0) is 18.9 Å². The zero-order chi connectivity index (χ0) is 12.9. The molecule has 1 saturated heterocycles. The SMILES string of the molecule is CC(C)CCN1CCN(S(=O)(=O)CCCl)CC1. The van der Waals surface area contributed by atoms with E-state index in [0.717, 1.165) is 19.6 Å². The number of sulfonamides is 1. The first-order valence-electron chi connectivity index (χ1n) is 6.22. The van der Waals surface area contributed by atoms with Gasteiger partial charge < -0.3 is 4.90 Å². The molecular formula is C11H23ClN2O2S. The molecule has 0 aromatic carbocycles. The van der Waals surface area contributed by atoms with Crippen LogP contribution in [0.25, 0.3) is 0 Å². The molecule has 1 aliphatic rings. The number of hydrogen-bond acceptors (Lipinski definition) is 3. The Labute approximate surface area is 110 Å². The predicted molar refractivity (Wildman–Crippen MR) is 72.0 cm³/mol. The van der Waals surface area contributed by atoms with E-state index in [4.69, 9.17) is 11.6 Å². The van der Waals surface area contributed by atoms with Crippen LogP contribution in [-0.4, -0.2) is 62.0 Å². The summed E-state index contributed by atoms with van der Waals surface area (Å²) < 4.78 is 25.1. The largest absolute Gasteiger partial charge is 0.301 e. The van der Waals surface area contributed by atoms with Gasteiger partial charge in [-0.25, -0.2) is 8.42 Å². The van der Waals surface area contributed by atoms with E-state index in [1.807, 2.05) is 0 Å². The summed E-state index contributed by atoms with van der Waals surface area (Å²) in [6, 6.07) is 0. The Hall–Kier alpha value is 0.160. The molecule has 0 aromatic heterocycles. The van der Waals surface area contributed by atoms with E-state index in [-0.39, 0.29) is 11.6 Å². The molecule has 0 spiro atoms. The van der Waals surface area contributed by atoms with E-state index in [9.17, 15) is 8.42 Å². The van der Waals surface area contributed by atoms with Crippen LogP contribution in [0.2, 0.25) is 0 Å². The van der Waals surface area contributed by atoms with E-state index >= 15 is 0 Å². The zero-order valence-corrected chi connectivity index (χ0v) is 12.3. The highest BCUT2D eigenvalue weighted by atomic mass is 35.5. The Bertz CT molecular complexity index is 311. The van der Waals surface area contributed by atoms with Gasteiger partial charge >= 0.3 is 0 Å². The van der Waals surface area contributed by atoms with Crippen LogP contribution in [0.1, 0.15) is 20.3 Å². The van der Waals surface area contributed by atoms with Gasteiger partial charge in [0.15, 0.2) is 0 Å². The Morgan fingerprint density at radius 1 is 1.18 bits per heavy atom. The molecule has 1 rings (SSSR count). The fourth-order valence-electron chi connectivity index (χ4n) is 1.90.